The molecule has 22 heavy (non-hydrogen) atoms. The summed E-state index contributed by atoms with van der Waals surface area (Å²) >= 11 is 0. The minimum atomic E-state index is 0.443. The molecule has 0 aliphatic heterocycles. The molecule has 7 heteroatoms. The molecule has 1 N–H and O–H groups in total. The number of fused-ring (bicyclic) bond motifs is 1. The lowest BCUT2D eigenvalue weighted by Crippen LogP contribution is -2.12. The predicted octanol–water partition coefficient (Wildman–Crippen LogP) is 1.25. The van der Waals surface area contributed by atoms with Gasteiger partial charge in [-0.2, -0.15) is 9.67 Å². The first-order valence-corrected chi connectivity index (χ1v) is 6.69. The van der Waals surface area contributed by atoms with E-state index in [-0.39, 0.29) is 0 Å². The van der Waals surface area contributed by atoms with Crippen LogP contribution in [0.1, 0.15) is 5.56 Å². The van der Waals surface area contributed by atoms with E-state index in [0.29, 0.717) is 24.9 Å². The third kappa shape index (κ3) is 2.73. The van der Waals surface area contributed by atoms with Crippen molar-refractivity contribution in [3.05, 3.63) is 36.2 Å². The molecular weight excluding hydrogens is 280 g/mol. The number of hydrogen-bond donors (Lipinski definition) is 1. The summed E-state index contributed by atoms with van der Waals surface area (Å²) in [6, 6.07) is 5.60. The first kappa shape index (κ1) is 14.0. The second-order valence-electron chi connectivity index (χ2n) is 4.52. The number of rotatable bonds is 5. The molecule has 1 aromatic carbocycles. The fraction of sp³-hybridized carbons (Fsp3) is 0.200. The van der Waals surface area contributed by atoms with Crippen molar-refractivity contribution in [1.29, 1.82) is 0 Å². The zero-order valence-electron chi connectivity index (χ0n) is 12.0. The summed E-state index contributed by atoms with van der Waals surface area (Å²) in [5.74, 6) is 3.75. The maximum Gasteiger partial charge on any atom is 0.254 e. The number of aromatic nitrogens is 5. The van der Waals surface area contributed by atoms with Crippen molar-refractivity contribution in [2.45, 2.75) is 0 Å². The van der Waals surface area contributed by atoms with E-state index in [1.165, 1.54) is 4.68 Å². The highest BCUT2D eigenvalue weighted by Gasteiger charge is 2.10. The topological polar surface area (TPSA) is 77.8 Å². The minimum absolute atomic E-state index is 0.443. The van der Waals surface area contributed by atoms with Gasteiger partial charge >= 0.3 is 0 Å². The van der Waals surface area contributed by atoms with E-state index >= 15 is 0 Å². The molecule has 0 bridgehead atoms. The summed E-state index contributed by atoms with van der Waals surface area (Å²) in [6.07, 6.45) is 8.73. The molecule has 3 rings (SSSR count). The Kier molecular flexibility index (Phi) is 3.94. The van der Waals surface area contributed by atoms with Crippen LogP contribution in [0.15, 0.2) is 30.6 Å². The van der Waals surface area contributed by atoms with E-state index in [2.05, 4.69) is 31.5 Å². The van der Waals surface area contributed by atoms with Crippen molar-refractivity contribution in [1.82, 2.24) is 25.0 Å². The summed E-state index contributed by atoms with van der Waals surface area (Å²) in [7, 11) is 1.65. The van der Waals surface area contributed by atoms with E-state index < -0.39 is 0 Å². The number of terminal acetylenes is 1. The van der Waals surface area contributed by atoms with Gasteiger partial charge in [-0.1, -0.05) is 11.1 Å². The predicted molar refractivity (Wildman–Crippen MR) is 82.8 cm³/mol. The molecule has 0 saturated carbocycles. The third-order valence-electron chi connectivity index (χ3n) is 3.08. The van der Waals surface area contributed by atoms with E-state index in [1.807, 2.05) is 18.2 Å². The van der Waals surface area contributed by atoms with Crippen molar-refractivity contribution in [3.8, 4) is 18.3 Å². The van der Waals surface area contributed by atoms with E-state index in [9.17, 15) is 0 Å². The molecule has 0 aliphatic rings. The maximum atomic E-state index is 5.47. The molecule has 0 spiro atoms. The second-order valence-corrected chi connectivity index (χ2v) is 4.52. The first-order valence-electron chi connectivity index (χ1n) is 6.69. The Morgan fingerprint density at radius 2 is 2.27 bits per heavy atom. The Morgan fingerprint density at radius 1 is 1.36 bits per heavy atom. The van der Waals surface area contributed by atoms with Crippen molar-refractivity contribution >= 4 is 16.7 Å². The second kappa shape index (κ2) is 6.20. The fourth-order valence-corrected chi connectivity index (χ4v) is 2.03. The summed E-state index contributed by atoms with van der Waals surface area (Å²) in [6.45, 7) is 1.19. The minimum Gasteiger partial charge on any atom is -0.383 e. The molecule has 0 radical (unpaired) electrons. The lowest BCUT2D eigenvalue weighted by atomic mass is 10.1. The zero-order chi connectivity index (χ0) is 15.4. The molecule has 0 fully saturated rings. The molecule has 7 nitrogen and oxygen atoms in total. The molecule has 3 aromatic rings. The summed E-state index contributed by atoms with van der Waals surface area (Å²) in [4.78, 5) is 9.00. The van der Waals surface area contributed by atoms with Gasteiger partial charge in [0.15, 0.2) is 0 Å². The number of ether oxygens (including phenoxy) is 1. The van der Waals surface area contributed by atoms with Crippen molar-refractivity contribution in [2.75, 3.05) is 25.6 Å². The quantitative estimate of drug-likeness (QED) is 0.563. The van der Waals surface area contributed by atoms with Crippen LogP contribution in [0.3, 0.4) is 0 Å². The van der Waals surface area contributed by atoms with Crippen LogP contribution in [0.4, 0.5) is 5.82 Å². The summed E-state index contributed by atoms with van der Waals surface area (Å²) in [5, 5.41) is 11.8. The number of methoxy groups -OCH3 is 1. The molecule has 0 aliphatic carbocycles. The highest BCUT2D eigenvalue weighted by atomic mass is 16.5. The smallest absolute Gasteiger partial charge is 0.254 e. The highest BCUT2D eigenvalue weighted by molar-refractivity contribution is 5.90. The van der Waals surface area contributed by atoms with Crippen molar-refractivity contribution in [3.63, 3.8) is 0 Å². The largest absolute Gasteiger partial charge is 0.383 e. The van der Waals surface area contributed by atoms with Crippen LogP contribution in [0.5, 0.6) is 0 Å². The van der Waals surface area contributed by atoms with Crippen molar-refractivity contribution < 1.29 is 4.74 Å². The average Bonchev–Trinajstić information content (AvgIpc) is 3.09. The summed E-state index contributed by atoms with van der Waals surface area (Å²) in [5.41, 5.74) is 1.55. The Balaban J connectivity index is 2.11. The Labute approximate surface area is 127 Å². The van der Waals surface area contributed by atoms with E-state index in [4.69, 9.17) is 11.2 Å². The number of nitrogens with zero attached hydrogens (tertiary/aromatic N) is 5. The van der Waals surface area contributed by atoms with Crippen LogP contribution in [-0.4, -0.2) is 45.2 Å². The summed E-state index contributed by atoms with van der Waals surface area (Å²) < 4.78 is 6.57. The Hall–Kier alpha value is -2.98. The lowest BCUT2D eigenvalue weighted by molar-refractivity contribution is 0.210. The van der Waals surface area contributed by atoms with Gasteiger partial charge in [-0.25, -0.2) is 4.98 Å². The van der Waals surface area contributed by atoms with Gasteiger partial charge in [-0.05, 0) is 18.2 Å². The normalized spacial score (nSPS) is 10.5. The zero-order valence-corrected chi connectivity index (χ0v) is 12.0. The SMILES string of the molecule is C#Cc1ccc2nc(-n3ccnn3)nc(NCCOC)c2c1. The van der Waals surface area contributed by atoms with Gasteiger partial charge in [0.2, 0.25) is 0 Å². The van der Waals surface area contributed by atoms with Gasteiger partial charge in [-0.15, -0.1) is 11.5 Å². The van der Waals surface area contributed by atoms with Crippen LogP contribution < -0.4 is 5.32 Å². The van der Waals surface area contributed by atoms with Gasteiger partial charge in [0.25, 0.3) is 5.95 Å². The maximum absolute atomic E-state index is 5.47. The van der Waals surface area contributed by atoms with Gasteiger partial charge in [0.05, 0.1) is 24.5 Å². The molecule has 0 atom stereocenters. The molecule has 2 aromatic heterocycles. The van der Waals surface area contributed by atoms with E-state index in [0.717, 1.165) is 16.5 Å². The van der Waals surface area contributed by atoms with Gasteiger partial charge < -0.3 is 10.1 Å². The lowest BCUT2D eigenvalue weighted by Gasteiger charge is -2.10. The third-order valence-corrected chi connectivity index (χ3v) is 3.08. The van der Waals surface area contributed by atoms with Crippen LogP contribution in [-0.2, 0) is 4.74 Å². The fourth-order valence-electron chi connectivity index (χ4n) is 2.03. The molecular formula is C15H14N6O. The molecule has 0 saturated heterocycles. The molecule has 0 unspecified atom stereocenters. The van der Waals surface area contributed by atoms with Gasteiger partial charge in [-0.3, -0.25) is 0 Å². The van der Waals surface area contributed by atoms with Gasteiger partial charge in [0, 0.05) is 24.6 Å². The monoisotopic (exact) mass is 294 g/mol. The van der Waals surface area contributed by atoms with Crippen LogP contribution in [0.25, 0.3) is 16.9 Å². The average molecular weight is 294 g/mol. The number of nitrogens with one attached hydrogen (secondary N) is 1. The van der Waals surface area contributed by atoms with Crippen LogP contribution in [0, 0.1) is 12.3 Å². The number of anilines is 1. The Bertz CT molecular complexity index is 822. The standard InChI is InChI=1S/C15H14N6O/c1-3-11-4-5-13-12(10-11)14(16-7-9-22-2)19-15(18-13)21-8-6-17-20-21/h1,4-6,8,10H,7,9H2,2H3,(H,16,18,19). The van der Waals surface area contributed by atoms with Crippen LogP contribution >= 0.6 is 0 Å². The van der Waals surface area contributed by atoms with Crippen LogP contribution in [0.2, 0.25) is 0 Å². The number of hydrogen-bond acceptors (Lipinski definition) is 6. The van der Waals surface area contributed by atoms with E-state index in [1.54, 1.807) is 19.5 Å². The van der Waals surface area contributed by atoms with Crippen molar-refractivity contribution in [2.24, 2.45) is 0 Å². The molecule has 0 amide bonds. The molecule has 2 heterocycles. The van der Waals surface area contributed by atoms with Gasteiger partial charge in [0.1, 0.15) is 5.82 Å². The molecule has 110 valence electrons. The highest BCUT2D eigenvalue weighted by Crippen LogP contribution is 2.22. The number of benzene rings is 1. The Morgan fingerprint density at radius 3 is 3.00 bits per heavy atom. The first-order chi connectivity index (χ1) is 10.8.